The van der Waals surface area contributed by atoms with E-state index in [0.717, 1.165) is 37.5 Å². The quantitative estimate of drug-likeness (QED) is 0.796. The Morgan fingerprint density at radius 2 is 2.09 bits per heavy atom. The molecule has 1 aromatic rings. The number of ether oxygens (including phenoxy) is 2. The van der Waals surface area contributed by atoms with Crippen molar-refractivity contribution in [2.24, 2.45) is 0 Å². The first-order valence-electron chi connectivity index (χ1n) is 7.95. The molecule has 2 aliphatic heterocycles. The van der Waals surface area contributed by atoms with Crippen molar-refractivity contribution in [1.29, 1.82) is 0 Å². The summed E-state index contributed by atoms with van der Waals surface area (Å²) in [4.78, 5) is 13.8. The van der Waals surface area contributed by atoms with Crippen molar-refractivity contribution in [2.45, 2.75) is 64.8 Å². The number of carbonyl (C=O) groups excluding carboxylic acids is 1. The fraction of sp³-hybridized carbons (Fsp3) is 0.800. The van der Waals surface area contributed by atoms with Gasteiger partial charge in [-0.2, -0.15) is 0 Å². The lowest BCUT2D eigenvalue weighted by Crippen LogP contribution is -2.42. The number of nitrogens with zero attached hydrogens (tertiary/aromatic N) is 4. The molecule has 0 N–H and O–H groups in total. The molecule has 1 amide bonds. The van der Waals surface area contributed by atoms with Crippen molar-refractivity contribution < 1.29 is 14.3 Å². The summed E-state index contributed by atoms with van der Waals surface area (Å²) in [5.41, 5.74) is -0.483. The zero-order valence-corrected chi connectivity index (χ0v) is 13.5. The van der Waals surface area contributed by atoms with E-state index in [4.69, 9.17) is 9.47 Å². The summed E-state index contributed by atoms with van der Waals surface area (Å²) in [6.07, 6.45) is 3.02. The van der Waals surface area contributed by atoms with Crippen molar-refractivity contribution >= 4 is 6.09 Å². The van der Waals surface area contributed by atoms with Gasteiger partial charge in [-0.25, -0.2) is 4.79 Å². The fourth-order valence-electron chi connectivity index (χ4n) is 2.85. The van der Waals surface area contributed by atoms with Crippen LogP contribution < -0.4 is 0 Å². The molecule has 7 nitrogen and oxygen atoms in total. The van der Waals surface area contributed by atoms with Crippen LogP contribution in [0.2, 0.25) is 0 Å². The maximum Gasteiger partial charge on any atom is 0.410 e. The van der Waals surface area contributed by atoms with Crippen LogP contribution in [-0.2, 0) is 22.6 Å². The van der Waals surface area contributed by atoms with Crippen LogP contribution in [0.1, 0.15) is 57.8 Å². The van der Waals surface area contributed by atoms with E-state index < -0.39 is 5.60 Å². The lowest BCUT2D eigenvalue weighted by Gasteiger charge is -2.31. The molecule has 1 aromatic heterocycles. The van der Waals surface area contributed by atoms with Gasteiger partial charge in [-0.3, -0.25) is 4.90 Å². The van der Waals surface area contributed by atoms with Gasteiger partial charge < -0.3 is 14.0 Å². The zero-order chi connectivity index (χ0) is 15.7. The Labute approximate surface area is 130 Å². The fourth-order valence-corrected chi connectivity index (χ4v) is 2.85. The van der Waals surface area contributed by atoms with Crippen LogP contribution in [0.5, 0.6) is 0 Å². The van der Waals surface area contributed by atoms with Gasteiger partial charge in [-0.05, 0) is 40.0 Å². The summed E-state index contributed by atoms with van der Waals surface area (Å²) in [6.45, 7) is 8.14. The molecule has 22 heavy (non-hydrogen) atoms. The van der Waals surface area contributed by atoms with Gasteiger partial charge in [-0.15, -0.1) is 10.2 Å². The monoisotopic (exact) mass is 308 g/mol. The third-order valence-corrected chi connectivity index (χ3v) is 3.90. The van der Waals surface area contributed by atoms with Crippen LogP contribution in [0, 0.1) is 0 Å². The van der Waals surface area contributed by atoms with Crippen LogP contribution >= 0.6 is 0 Å². The van der Waals surface area contributed by atoms with Crippen molar-refractivity contribution in [2.75, 3.05) is 13.2 Å². The van der Waals surface area contributed by atoms with E-state index in [1.54, 1.807) is 4.90 Å². The standard InChI is InChI=1S/C15H24N4O3/c1-15(2,3)22-14(20)18-7-8-19-12(10-18)16-17-13(19)11-6-4-5-9-21-11/h11H,4-10H2,1-3H3. The molecule has 0 aromatic carbocycles. The summed E-state index contributed by atoms with van der Waals surface area (Å²) in [7, 11) is 0. The predicted molar refractivity (Wildman–Crippen MR) is 79.2 cm³/mol. The maximum absolute atomic E-state index is 12.2. The number of hydrogen-bond acceptors (Lipinski definition) is 5. The Kier molecular flexibility index (Phi) is 4.08. The van der Waals surface area contributed by atoms with Crippen molar-refractivity contribution in [1.82, 2.24) is 19.7 Å². The molecular weight excluding hydrogens is 284 g/mol. The van der Waals surface area contributed by atoms with Gasteiger partial charge in [-0.1, -0.05) is 0 Å². The maximum atomic E-state index is 12.2. The minimum absolute atomic E-state index is 0.0445. The molecule has 1 unspecified atom stereocenters. The average Bonchev–Trinajstić information content (AvgIpc) is 2.89. The van der Waals surface area contributed by atoms with E-state index in [1.165, 1.54) is 0 Å². The molecule has 2 aliphatic rings. The third-order valence-electron chi connectivity index (χ3n) is 3.90. The average molecular weight is 308 g/mol. The van der Waals surface area contributed by atoms with Gasteiger partial charge in [0.25, 0.3) is 0 Å². The summed E-state index contributed by atoms with van der Waals surface area (Å²) in [5.74, 6) is 1.71. The molecule has 122 valence electrons. The van der Waals surface area contributed by atoms with Crippen LogP contribution in [0.15, 0.2) is 0 Å². The number of amides is 1. The van der Waals surface area contributed by atoms with E-state index in [-0.39, 0.29) is 12.2 Å². The smallest absolute Gasteiger partial charge is 0.410 e. The van der Waals surface area contributed by atoms with Gasteiger partial charge >= 0.3 is 6.09 Å². The highest BCUT2D eigenvalue weighted by atomic mass is 16.6. The third kappa shape index (κ3) is 3.24. The summed E-state index contributed by atoms with van der Waals surface area (Å²) < 4.78 is 13.3. The number of aromatic nitrogens is 3. The minimum atomic E-state index is -0.483. The number of fused-ring (bicyclic) bond motifs is 1. The molecule has 0 saturated carbocycles. The number of hydrogen-bond donors (Lipinski definition) is 0. The highest BCUT2D eigenvalue weighted by molar-refractivity contribution is 5.68. The minimum Gasteiger partial charge on any atom is -0.444 e. The Bertz CT molecular complexity index is 543. The van der Waals surface area contributed by atoms with Crippen molar-refractivity contribution in [3.05, 3.63) is 11.6 Å². The normalized spacial score (nSPS) is 22.3. The molecule has 3 rings (SSSR count). The lowest BCUT2D eigenvalue weighted by atomic mass is 10.1. The van der Waals surface area contributed by atoms with Gasteiger partial charge in [0.05, 0.1) is 6.54 Å². The van der Waals surface area contributed by atoms with Crippen LogP contribution in [0.4, 0.5) is 4.79 Å². The molecule has 1 fully saturated rings. The van der Waals surface area contributed by atoms with Crippen molar-refractivity contribution in [3.8, 4) is 0 Å². The van der Waals surface area contributed by atoms with E-state index >= 15 is 0 Å². The molecule has 0 spiro atoms. The first-order chi connectivity index (χ1) is 10.4. The van der Waals surface area contributed by atoms with Gasteiger partial charge in [0.15, 0.2) is 11.6 Å². The number of carbonyl (C=O) groups is 1. The second kappa shape index (κ2) is 5.87. The second-order valence-corrected chi connectivity index (χ2v) is 6.88. The van der Waals surface area contributed by atoms with Crippen LogP contribution in [0.3, 0.4) is 0 Å². The molecule has 3 heterocycles. The van der Waals surface area contributed by atoms with Gasteiger partial charge in [0, 0.05) is 19.7 Å². The highest BCUT2D eigenvalue weighted by Crippen LogP contribution is 2.28. The van der Waals surface area contributed by atoms with Crippen LogP contribution in [-0.4, -0.2) is 44.5 Å². The zero-order valence-electron chi connectivity index (χ0n) is 13.5. The summed E-state index contributed by atoms with van der Waals surface area (Å²) in [6, 6.07) is 0. The highest BCUT2D eigenvalue weighted by Gasteiger charge is 2.30. The van der Waals surface area contributed by atoms with E-state index in [0.29, 0.717) is 19.6 Å². The number of rotatable bonds is 1. The van der Waals surface area contributed by atoms with Crippen molar-refractivity contribution in [3.63, 3.8) is 0 Å². The Morgan fingerprint density at radius 3 is 2.77 bits per heavy atom. The van der Waals surface area contributed by atoms with E-state index in [9.17, 15) is 4.79 Å². The second-order valence-electron chi connectivity index (χ2n) is 6.88. The molecule has 7 heteroatoms. The molecule has 1 atom stereocenters. The Morgan fingerprint density at radius 1 is 1.27 bits per heavy atom. The SMILES string of the molecule is CC(C)(C)OC(=O)N1CCn2c(nnc2C2CCCCO2)C1. The summed E-state index contributed by atoms with van der Waals surface area (Å²) in [5, 5.41) is 8.54. The van der Waals surface area contributed by atoms with E-state index in [1.807, 2.05) is 20.8 Å². The summed E-state index contributed by atoms with van der Waals surface area (Å²) >= 11 is 0. The molecule has 0 radical (unpaired) electrons. The Hall–Kier alpha value is -1.63. The van der Waals surface area contributed by atoms with Gasteiger partial charge in [0.2, 0.25) is 0 Å². The topological polar surface area (TPSA) is 69.5 Å². The predicted octanol–water partition coefficient (Wildman–Crippen LogP) is 2.27. The largest absolute Gasteiger partial charge is 0.444 e. The molecule has 1 saturated heterocycles. The van der Waals surface area contributed by atoms with Gasteiger partial charge in [0.1, 0.15) is 11.7 Å². The van der Waals surface area contributed by atoms with E-state index in [2.05, 4.69) is 14.8 Å². The molecule has 0 aliphatic carbocycles. The first-order valence-corrected chi connectivity index (χ1v) is 7.95. The Balaban J connectivity index is 1.69. The molecule has 0 bridgehead atoms. The van der Waals surface area contributed by atoms with Crippen LogP contribution in [0.25, 0.3) is 0 Å². The molecular formula is C15H24N4O3. The lowest BCUT2D eigenvalue weighted by molar-refractivity contribution is 0.00453. The first kappa shape index (κ1) is 15.3.